The van der Waals surface area contributed by atoms with Crippen molar-refractivity contribution >= 4 is 0 Å². The highest BCUT2D eigenvalue weighted by atomic mass is 19.1. The number of ether oxygens (including phenoxy) is 4. The number of halogens is 1. The summed E-state index contributed by atoms with van der Waals surface area (Å²) in [6, 6.07) is 10.1. The molecule has 2 aromatic rings. The van der Waals surface area contributed by atoms with Gasteiger partial charge in [-0.3, -0.25) is 4.90 Å². The van der Waals surface area contributed by atoms with E-state index in [0.29, 0.717) is 44.2 Å². The van der Waals surface area contributed by atoms with Crippen molar-refractivity contribution in [2.24, 2.45) is 0 Å². The van der Waals surface area contributed by atoms with Crippen LogP contribution in [0.3, 0.4) is 0 Å². The Balaban J connectivity index is 1.36. The van der Waals surface area contributed by atoms with Gasteiger partial charge in [-0.25, -0.2) is 4.39 Å². The number of methoxy groups -OCH3 is 1. The Morgan fingerprint density at radius 2 is 1.93 bits per heavy atom. The van der Waals surface area contributed by atoms with Gasteiger partial charge in [0.2, 0.25) is 0 Å². The number of aliphatic hydroxyl groups is 1. The minimum atomic E-state index is -0.652. The number of rotatable bonds is 5. The van der Waals surface area contributed by atoms with Gasteiger partial charge in [0.25, 0.3) is 0 Å². The van der Waals surface area contributed by atoms with Crippen molar-refractivity contribution in [2.75, 3.05) is 33.4 Å². The van der Waals surface area contributed by atoms with Crippen LogP contribution in [0, 0.1) is 5.82 Å². The van der Waals surface area contributed by atoms with Crippen LogP contribution < -0.4 is 18.9 Å². The number of aliphatic hydroxyl groups excluding tert-OH is 1. The van der Waals surface area contributed by atoms with E-state index in [4.69, 9.17) is 18.9 Å². The van der Waals surface area contributed by atoms with Crippen molar-refractivity contribution in [1.82, 2.24) is 4.90 Å². The summed E-state index contributed by atoms with van der Waals surface area (Å²) in [6.45, 7) is 3.11. The Bertz CT molecular complexity index is 830. The van der Waals surface area contributed by atoms with Gasteiger partial charge < -0.3 is 24.1 Å². The van der Waals surface area contributed by atoms with E-state index < -0.39 is 6.10 Å². The van der Waals surface area contributed by atoms with Gasteiger partial charge in [0.05, 0.1) is 7.11 Å². The molecule has 1 saturated heterocycles. The van der Waals surface area contributed by atoms with E-state index in [1.807, 2.05) is 18.2 Å². The summed E-state index contributed by atoms with van der Waals surface area (Å²) in [5, 5.41) is 10.6. The van der Waals surface area contributed by atoms with E-state index in [2.05, 4.69) is 4.90 Å². The Morgan fingerprint density at radius 3 is 2.71 bits per heavy atom. The van der Waals surface area contributed by atoms with Gasteiger partial charge in [0, 0.05) is 25.7 Å². The number of nitrogens with zero attached hydrogens (tertiary/aromatic N) is 1. The zero-order valence-corrected chi connectivity index (χ0v) is 15.8. The lowest BCUT2D eigenvalue weighted by Crippen LogP contribution is -2.48. The summed E-state index contributed by atoms with van der Waals surface area (Å²) < 4.78 is 35.6. The molecule has 1 N–H and O–H groups in total. The topological polar surface area (TPSA) is 60.4 Å². The smallest absolute Gasteiger partial charge is 0.163 e. The lowest BCUT2D eigenvalue weighted by Gasteiger charge is -2.36. The number of fused-ring (bicyclic) bond motifs is 1. The molecule has 0 aromatic heterocycles. The van der Waals surface area contributed by atoms with Gasteiger partial charge in [-0.15, -0.1) is 0 Å². The molecule has 28 heavy (non-hydrogen) atoms. The first kappa shape index (κ1) is 18.8. The van der Waals surface area contributed by atoms with Crippen molar-refractivity contribution in [3.63, 3.8) is 0 Å². The summed E-state index contributed by atoms with van der Waals surface area (Å²) in [7, 11) is 1.47. The second-order valence-electron chi connectivity index (χ2n) is 7.02. The molecule has 150 valence electrons. The maximum atomic E-state index is 13.3. The number of benzene rings is 2. The Morgan fingerprint density at radius 1 is 1.11 bits per heavy atom. The van der Waals surface area contributed by atoms with E-state index in [0.717, 1.165) is 23.6 Å². The number of hydrogen-bond donors (Lipinski definition) is 1. The molecule has 0 radical (unpaired) electrons. The molecule has 2 aliphatic rings. The van der Waals surface area contributed by atoms with Crippen LogP contribution in [-0.4, -0.2) is 55.6 Å². The zero-order chi connectivity index (χ0) is 19.5. The third-order valence-corrected chi connectivity index (χ3v) is 5.02. The zero-order valence-electron chi connectivity index (χ0n) is 15.8. The molecule has 1 fully saturated rings. The van der Waals surface area contributed by atoms with E-state index in [-0.39, 0.29) is 11.9 Å². The first-order valence-corrected chi connectivity index (χ1v) is 9.41. The molecular weight excluding hydrogens is 365 g/mol. The molecule has 0 unspecified atom stereocenters. The minimum absolute atomic E-state index is 0.325. The average molecular weight is 389 g/mol. The molecule has 0 spiro atoms. The summed E-state index contributed by atoms with van der Waals surface area (Å²) in [5.74, 6) is 1.92. The second kappa shape index (κ2) is 8.24. The van der Waals surface area contributed by atoms with Crippen LogP contribution in [-0.2, 0) is 6.54 Å². The predicted octanol–water partition coefficient (Wildman–Crippen LogP) is 2.62. The number of piperidine rings is 1. The third-order valence-electron chi connectivity index (χ3n) is 5.02. The molecule has 0 aliphatic carbocycles. The monoisotopic (exact) mass is 389 g/mol. The highest BCUT2D eigenvalue weighted by molar-refractivity contribution is 5.44. The molecule has 2 heterocycles. The summed E-state index contributed by atoms with van der Waals surface area (Å²) in [5.41, 5.74) is 1.11. The second-order valence-corrected chi connectivity index (χ2v) is 7.02. The highest BCUT2D eigenvalue weighted by Crippen LogP contribution is 2.32. The Labute approximate surface area is 163 Å². The summed E-state index contributed by atoms with van der Waals surface area (Å²) in [4.78, 5) is 2.18. The van der Waals surface area contributed by atoms with Gasteiger partial charge in [-0.05, 0) is 36.2 Å². The summed E-state index contributed by atoms with van der Waals surface area (Å²) >= 11 is 0. The van der Waals surface area contributed by atoms with E-state index in [1.54, 1.807) is 0 Å². The van der Waals surface area contributed by atoms with Crippen LogP contribution in [0.25, 0.3) is 0 Å². The van der Waals surface area contributed by atoms with Crippen LogP contribution in [0.5, 0.6) is 23.0 Å². The number of likely N-dealkylation sites (tertiary alicyclic amines) is 1. The molecule has 0 amide bonds. The van der Waals surface area contributed by atoms with Crippen molar-refractivity contribution < 1.29 is 28.4 Å². The fourth-order valence-electron chi connectivity index (χ4n) is 3.60. The molecule has 0 bridgehead atoms. The summed E-state index contributed by atoms with van der Waals surface area (Å²) in [6.07, 6.45) is -0.358. The highest BCUT2D eigenvalue weighted by Gasteiger charge is 2.30. The molecule has 2 aliphatic heterocycles. The first-order chi connectivity index (χ1) is 13.6. The number of β-amino-alcohol motifs (C(OH)–C–C–N with tert-alkyl or cyclic N) is 1. The van der Waals surface area contributed by atoms with Gasteiger partial charge in [0.1, 0.15) is 31.2 Å². The molecular formula is C21H24FNO5. The largest absolute Gasteiger partial charge is 0.493 e. The maximum Gasteiger partial charge on any atom is 0.163 e. The standard InChI is InChI=1S/C21H24FNO5/c1-25-20-11-15(22)3-5-19(20)28-17-6-7-23(13-16(17)24)12-14-2-4-18-21(10-14)27-9-8-26-18/h2-5,10-11,16-17,24H,6-9,12-13H2,1H3/t16-,17-/m1/s1. The lowest BCUT2D eigenvalue weighted by molar-refractivity contribution is -0.0283. The maximum absolute atomic E-state index is 13.3. The fourth-order valence-corrected chi connectivity index (χ4v) is 3.60. The van der Waals surface area contributed by atoms with Gasteiger partial charge in [-0.1, -0.05) is 6.07 Å². The molecule has 6 nitrogen and oxygen atoms in total. The van der Waals surface area contributed by atoms with Crippen LogP contribution in [0.1, 0.15) is 12.0 Å². The van der Waals surface area contributed by atoms with Crippen LogP contribution in [0.15, 0.2) is 36.4 Å². The van der Waals surface area contributed by atoms with E-state index in [1.165, 1.54) is 25.3 Å². The SMILES string of the molecule is COc1cc(F)ccc1O[C@@H]1CCN(Cc2ccc3c(c2)OCCO3)C[C@H]1O. The molecule has 2 aromatic carbocycles. The van der Waals surface area contributed by atoms with Crippen LogP contribution >= 0.6 is 0 Å². The predicted molar refractivity (Wildman–Crippen MR) is 101 cm³/mol. The van der Waals surface area contributed by atoms with Crippen molar-refractivity contribution in [3.05, 3.63) is 47.8 Å². The van der Waals surface area contributed by atoms with Crippen molar-refractivity contribution in [3.8, 4) is 23.0 Å². The number of hydrogen-bond acceptors (Lipinski definition) is 6. The van der Waals surface area contributed by atoms with Crippen LogP contribution in [0.4, 0.5) is 4.39 Å². The third kappa shape index (κ3) is 4.15. The molecule has 2 atom stereocenters. The Kier molecular flexibility index (Phi) is 5.54. The van der Waals surface area contributed by atoms with Crippen molar-refractivity contribution in [2.45, 2.75) is 25.2 Å². The lowest BCUT2D eigenvalue weighted by atomic mass is 10.0. The Hall–Kier alpha value is -2.51. The van der Waals surface area contributed by atoms with Gasteiger partial charge >= 0.3 is 0 Å². The van der Waals surface area contributed by atoms with Gasteiger partial charge in [-0.2, -0.15) is 0 Å². The van der Waals surface area contributed by atoms with E-state index in [9.17, 15) is 9.50 Å². The molecule has 4 rings (SSSR count). The van der Waals surface area contributed by atoms with Gasteiger partial charge in [0.15, 0.2) is 23.0 Å². The molecule has 0 saturated carbocycles. The first-order valence-electron chi connectivity index (χ1n) is 9.41. The quantitative estimate of drug-likeness (QED) is 0.848. The van der Waals surface area contributed by atoms with Crippen molar-refractivity contribution in [1.29, 1.82) is 0 Å². The normalized spacial score (nSPS) is 22.0. The van der Waals surface area contributed by atoms with E-state index >= 15 is 0 Å². The molecule has 7 heteroatoms. The average Bonchev–Trinajstić information content (AvgIpc) is 2.71. The van der Waals surface area contributed by atoms with Crippen LogP contribution in [0.2, 0.25) is 0 Å². The fraction of sp³-hybridized carbons (Fsp3) is 0.429. The minimum Gasteiger partial charge on any atom is -0.493 e.